The van der Waals surface area contributed by atoms with Gasteiger partial charge >= 0.3 is 5.97 Å². The molecule has 2 heterocycles. The van der Waals surface area contributed by atoms with Crippen molar-refractivity contribution in [3.05, 3.63) is 46.8 Å². The van der Waals surface area contributed by atoms with E-state index in [0.717, 1.165) is 0 Å². The van der Waals surface area contributed by atoms with E-state index in [1.807, 2.05) is 18.2 Å². The van der Waals surface area contributed by atoms with Crippen molar-refractivity contribution in [3.63, 3.8) is 0 Å². The Morgan fingerprint density at radius 3 is 2.75 bits per heavy atom. The minimum Gasteiger partial charge on any atom is -0.486 e. The summed E-state index contributed by atoms with van der Waals surface area (Å²) in [7, 11) is 0. The zero-order valence-electron chi connectivity index (χ0n) is 12.5. The van der Waals surface area contributed by atoms with Gasteiger partial charge in [-0.1, -0.05) is 12.1 Å². The van der Waals surface area contributed by atoms with Crippen LogP contribution in [0.5, 0.6) is 11.5 Å². The third-order valence-corrected chi connectivity index (χ3v) is 3.63. The molecule has 0 spiro atoms. The molecular formula is C16H14BrNO6. The summed E-state index contributed by atoms with van der Waals surface area (Å²) in [4.78, 5) is 23.4. The van der Waals surface area contributed by atoms with Crippen LogP contribution in [-0.4, -0.2) is 37.7 Å². The Morgan fingerprint density at radius 2 is 2.00 bits per heavy atom. The fourth-order valence-corrected chi connectivity index (χ4v) is 2.38. The average molecular weight is 396 g/mol. The Kier molecular flexibility index (Phi) is 5.05. The van der Waals surface area contributed by atoms with Gasteiger partial charge in [0.1, 0.15) is 12.7 Å². The molecule has 1 aromatic heterocycles. The van der Waals surface area contributed by atoms with E-state index in [1.54, 1.807) is 12.1 Å². The molecule has 0 radical (unpaired) electrons. The second kappa shape index (κ2) is 7.39. The molecule has 24 heavy (non-hydrogen) atoms. The molecule has 0 aliphatic carbocycles. The largest absolute Gasteiger partial charge is 0.486 e. The first kappa shape index (κ1) is 16.4. The summed E-state index contributed by atoms with van der Waals surface area (Å²) in [5.41, 5.74) is 0. The van der Waals surface area contributed by atoms with E-state index in [0.29, 0.717) is 22.8 Å². The Labute approximate surface area is 146 Å². The summed E-state index contributed by atoms with van der Waals surface area (Å²) in [5, 5.41) is 2.63. The Hall–Kier alpha value is -2.48. The molecule has 0 unspecified atom stereocenters. The molecule has 0 fully saturated rings. The number of carbonyl (C=O) groups excluding carboxylic acids is 2. The molecule has 0 saturated carbocycles. The number of esters is 1. The minimum atomic E-state index is -0.706. The fraction of sp³-hybridized carbons (Fsp3) is 0.250. The van der Waals surface area contributed by atoms with Crippen LogP contribution < -0.4 is 14.8 Å². The zero-order chi connectivity index (χ0) is 16.9. The van der Waals surface area contributed by atoms with E-state index in [-0.39, 0.29) is 18.4 Å². The molecular weight excluding hydrogens is 382 g/mol. The van der Waals surface area contributed by atoms with E-state index < -0.39 is 18.5 Å². The number of furan rings is 1. The van der Waals surface area contributed by atoms with Gasteiger partial charge in [0.25, 0.3) is 5.91 Å². The maximum Gasteiger partial charge on any atom is 0.374 e. The highest BCUT2D eigenvalue weighted by Crippen LogP contribution is 2.30. The lowest BCUT2D eigenvalue weighted by atomic mass is 10.2. The first-order valence-corrected chi connectivity index (χ1v) is 7.99. The third-order valence-electron chi connectivity index (χ3n) is 3.20. The molecule has 8 heteroatoms. The lowest BCUT2D eigenvalue weighted by Gasteiger charge is -2.26. The molecule has 7 nitrogen and oxygen atoms in total. The van der Waals surface area contributed by atoms with Crippen molar-refractivity contribution in [3.8, 4) is 11.5 Å². The number of hydrogen-bond donors (Lipinski definition) is 1. The molecule has 1 N–H and O–H groups in total. The number of carbonyl (C=O) groups is 2. The maximum absolute atomic E-state index is 11.7. The van der Waals surface area contributed by atoms with Crippen molar-refractivity contribution in [2.75, 3.05) is 19.8 Å². The molecule has 1 aliphatic rings. The van der Waals surface area contributed by atoms with E-state index in [2.05, 4.69) is 21.2 Å². The van der Waals surface area contributed by atoms with E-state index in [9.17, 15) is 9.59 Å². The lowest BCUT2D eigenvalue weighted by molar-refractivity contribution is -0.124. The first-order chi connectivity index (χ1) is 11.6. The molecule has 1 aliphatic heterocycles. The van der Waals surface area contributed by atoms with Crippen molar-refractivity contribution < 1.29 is 28.2 Å². The Morgan fingerprint density at radius 1 is 1.21 bits per heavy atom. The highest BCUT2D eigenvalue weighted by molar-refractivity contribution is 9.10. The number of halogens is 1. The van der Waals surface area contributed by atoms with Crippen molar-refractivity contribution in [2.45, 2.75) is 6.10 Å². The number of ether oxygens (including phenoxy) is 3. The second-order valence-electron chi connectivity index (χ2n) is 4.98. The summed E-state index contributed by atoms with van der Waals surface area (Å²) in [5.74, 6) is 0.199. The first-order valence-electron chi connectivity index (χ1n) is 7.19. The predicted octanol–water partition coefficient (Wildman–Crippen LogP) is 2.16. The van der Waals surface area contributed by atoms with Crippen LogP contribution in [0.15, 0.2) is 45.5 Å². The smallest absolute Gasteiger partial charge is 0.374 e. The lowest BCUT2D eigenvalue weighted by Crippen LogP contribution is -2.42. The average Bonchev–Trinajstić information content (AvgIpc) is 3.04. The van der Waals surface area contributed by atoms with E-state index in [1.165, 1.54) is 6.07 Å². The second-order valence-corrected chi connectivity index (χ2v) is 5.76. The van der Waals surface area contributed by atoms with Gasteiger partial charge in [-0.05, 0) is 40.2 Å². The highest BCUT2D eigenvalue weighted by atomic mass is 79.9. The van der Waals surface area contributed by atoms with Gasteiger partial charge < -0.3 is 23.9 Å². The monoisotopic (exact) mass is 395 g/mol. The van der Waals surface area contributed by atoms with Crippen LogP contribution in [0.25, 0.3) is 0 Å². The molecule has 1 aromatic carbocycles. The summed E-state index contributed by atoms with van der Waals surface area (Å²) in [6.45, 7) is 0.176. The number of nitrogens with one attached hydrogen (secondary N) is 1. The number of hydrogen-bond acceptors (Lipinski definition) is 6. The fourth-order valence-electron chi connectivity index (χ4n) is 2.07. The van der Waals surface area contributed by atoms with Crippen LogP contribution in [0.3, 0.4) is 0 Å². The summed E-state index contributed by atoms with van der Waals surface area (Å²) in [6, 6.07) is 10.3. The molecule has 2 aromatic rings. The number of para-hydroxylation sites is 2. The summed E-state index contributed by atoms with van der Waals surface area (Å²) >= 11 is 3.08. The maximum atomic E-state index is 11.7. The van der Waals surface area contributed by atoms with Crippen LogP contribution in [-0.2, 0) is 9.53 Å². The van der Waals surface area contributed by atoms with Crippen LogP contribution in [0.1, 0.15) is 10.6 Å². The van der Waals surface area contributed by atoms with Crippen molar-refractivity contribution in [1.29, 1.82) is 0 Å². The molecule has 1 amide bonds. The van der Waals surface area contributed by atoms with Crippen LogP contribution in [0.4, 0.5) is 0 Å². The minimum absolute atomic E-state index is 0.0234. The van der Waals surface area contributed by atoms with E-state index in [4.69, 9.17) is 18.6 Å². The summed E-state index contributed by atoms with van der Waals surface area (Å²) < 4.78 is 21.6. The Bertz CT molecular complexity index is 744. The van der Waals surface area contributed by atoms with E-state index >= 15 is 0 Å². The van der Waals surface area contributed by atoms with Gasteiger partial charge in [-0.15, -0.1) is 0 Å². The van der Waals surface area contributed by atoms with Gasteiger partial charge in [-0.3, -0.25) is 4.79 Å². The molecule has 0 bridgehead atoms. The van der Waals surface area contributed by atoms with Gasteiger partial charge in [0.05, 0.1) is 6.54 Å². The molecule has 126 valence electrons. The molecule has 1 atom stereocenters. The Balaban J connectivity index is 1.41. The van der Waals surface area contributed by atoms with Crippen LogP contribution in [0.2, 0.25) is 0 Å². The van der Waals surface area contributed by atoms with Gasteiger partial charge in [0, 0.05) is 0 Å². The van der Waals surface area contributed by atoms with Gasteiger partial charge in [0.15, 0.2) is 22.8 Å². The number of fused-ring (bicyclic) bond motifs is 1. The van der Waals surface area contributed by atoms with Gasteiger partial charge in [-0.25, -0.2) is 4.79 Å². The quantitative estimate of drug-likeness (QED) is 0.780. The molecule has 0 saturated heterocycles. The van der Waals surface area contributed by atoms with Gasteiger partial charge in [0.2, 0.25) is 5.76 Å². The van der Waals surface area contributed by atoms with Crippen molar-refractivity contribution >= 4 is 27.8 Å². The van der Waals surface area contributed by atoms with Crippen molar-refractivity contribution in [2.24, 2.45) is 0 Å². The van der Waals surface area contributed by atoms with Crippen LogP contribution in [0, 0.1) is 0 Å². The summed E-state index contributed by atoms with van der Waals surface area (Å²) in [6.07, 6.45) is -0.305. The standard InChI is InChI=1S/C16H14BrNO6/c17-14-6-5-13(24-14)16(20)22-9-15(19)18-7-10-8-21-11-3-1-2-4-12(11)23-10/h1-6,10H,7-9H2,(H,18,19)/t10-/m1/s1. The molecule has 3 rings (SSSR count). The number of benzene rings is 1. The SMILES string of the molecule is O=C(COC(=O)c1ccc(Br)o1)NC[C@@H]1COc2ccccc2O1. The normalized spacial score (nSPS) is 15.6. The number of amides is 1. The zero-order valence-corrected chi connectivity index (χ0v) is 14.1. The third kappa shape index (κ3) is 4.08. The van der Waals surface area contributed by atoms with Crippen LogP contribution >= 0.6 is 15.9 Å². The highest BCUT2D eigenvalue weighted by Gasteiger charge is 2.21. The predicted molar refractivity (Wildman–Crippen MR) is 86.1 cm³/mol. The van der Waals surface area contributed by atoms with Gasteiger partial charge in [-0.2, -0.15) is 0 Å². The van der Waals surface area contributed by atoms with Crippen molar-refractivity contribution in [1.82, 2.24) is 5.32 Å². The number of rotatable bonds is 5. The topological polar surface area (TPSA) is 87.0 Å².